The molecule has 0 saturated heterocycles. The smallest absolute Gasteiger partial charge is 0.0107 e. The maximum absolute atomic E-state index is 3.46. The van der Waals surface area contributed by atoms with Gasteiger partial charge in [-0.15, -0.1) is 0 Å². The quantitative estimate of drug-likeness (QED) is 0.798. The Morgan fingerprint density at radius 1 is 1.25 bits per heavy atom. The SMILES string of the molecule is CNC(Cc1ccc(C)cc1)CC1CCC1. The van der Waals surface area contributed by atoms with Crippen LogP contribution in [-0.4, -0.2) is 13.1 Å². The van der Waals surface area contributed by atoms with Gasteiger partial charge in [0.1, 0.15) is 0 Å². The minimum Gasteiger partial charge on any atom is -0.317 e. The van der Waals surface area contributed by atoms with Crippen molar-refractivity contribution in [1.29, 1.82) is 0 Å². The van der Waals surface area contributed by atoms with Crippen molar-refractivity contribution in [3.05, 3.63) is 35.4 Å². The molecule has 88 valence electrons. The van der Waals surface area contributed by atoms with E-state index >= 15 is 0 Å². The Labute approximate surface area is 99.3 Å². The van der Waals surface area contributed by atoms with E-state index in [4.69, 9.17) is 0 Å². The molecule has 0 aromatic heterocycles. The Morgan fingerprint density at radius 3 is 2.44 bits per heavy atom. The number of likely N-dealkylation sites (N-methyl/N-ethyl adjacent to an activating group) is 1. The Hall–Kier alpha value is -0.820. The summed E-state index contributed by atoms with van der Waals surface area (Å²) in [6.07, 6.45) is 6.88. The lowest BCUT2D eigenvalue weighted by molar-refractivity contribution is 0.263. The molecule has 0 spiro atoms. The van der Waals surface area contributed by atoms with Crippen LogP contribution in [0.1, 0.15) is 36.8 Å². The van der Waals surface area contributed by atoms with E-state index in [0.29, 0.717) is 6.04 Å². The summed E-state index contributed by atoms with van der Waals surface area (Å²) in [5, 5.41) is 3.46. The third kappa shape index (κ3) is 3.08. The van der Waals surface area contributed by atoms with E-state index < -0.39 is 0 Å². The average molecular weight is 217 g/mol. The predicted octanol–water partition coefficient (Wildman–Crippen LogP) is 3.32. The number of aryl methyl sites for hydroxylation is 1. The average Bonchev–Trinajstić information content (AvgIpc) is 2.24. The molecule has 1 atom stereocenters. The maximum Gasteiger partial charge on any atom is 0.0107 e. The Kier molecular flexibility index (Phi) is 4.00. The largest absolute Gasteiger partial charge is 0.317 e. The summed E-state index contributed by atoms with van der Waals surface area (Å²) in [4.78, 5) is 0. The fourth-order valence-electron chi connectivity index (χ4n) is 2.44. The van der Waals surface area contributed by atoms with Crippen molar-refractivity contribution in [1.82, 2.24) is 5.32 Å². The molecular weight excluding hydrogens is 194 g/mol. The summed E-state index contributed by atoms with van der Waals surface area (Å²) < 4.78 is 0. The Morgan fingerprint density at radius 2 is 1.94 bits per heavy atom. The molecule has 0 heterocycles. The molecule has 0 bridgehead atoms. The molecule has 1 fully saturated rings. The summed E-state index contributed by atoms with van der Waals surface area (Å²) in [5.74, 6) is 0.989. The first-order valence-corrected chi connectivity index (χ1v) is 6.50. The minimum absolute atomic E-state index is 0.660. The van der Waals surface area contributed by atoms with Crippen LogP contribution in [-0.2, 0) is 6.42 Å². The van der Waals surface area contributed by atoms with Crippen LogP contribution in [0.25, 0.3) is 0 Å². The second-order valence-electron chi connectivity index (χ2n) is 5.21. The molecule has 1 aromatic rings. The summed E-state index contributed by atoms with van der Waals surface area (Å²) >= 11 is 0. The second-order valence-corrected chi connectivity index (χ2v) is 5.21. The number of nitrogens with one attached hydrogen (secondary N) is 1. The topological polar surface area (TPSA) is 12.0 Å². The highest BCUT2D eigenvalue weighted by Crippen LogP contribution is 2.31. The lowest BCUT2D eigenvalue weighted by Gasteiger charge is -2.29. The van der Waals surface area contributed by atoms with Crippen LogP contribution < -0.4 is 5.32 Å². The van der Waals surface area contributed by atoms with Gasteiger partial charge in [0, 0.05) is 6.04 Å². The molecule has 0 amide bonds. The molecular formula is C15H23N. The molecule has 1 aromatic carbocycles. The van der Waals surface area contributed by atoms with Crippen LogP contribution in [0, 0.1) is 12.8 Å². The first kappa shape index (κ1) is 11.7. The third-order valence-electron chi connectivity index (χ3n) is 3.85. The van der Waals surface area contributed by atoms with Crippen LogP contribution in [0.5, 0.6) is 0 Å². The van der Waals surface area contributed by atoms with Gasteiger partial charge in [0.25, 0.3) is 0 Å². The zero-order valence-corrected chi connectivity index (χ0v) is 10.5. The summed E-state index contributed by atoms with van der Waals surface area (Å²) in [7, 11) is 2.09. The van der Waals surface area contributed by atoms with Crippen LogP contribution >= 0.6 is 0 Å². The van der Waals surface area contributed by atoms with Crippen molar-refractivity contribution in [2.45, 2.75) is 45.1 Å². The zero-order valence-electron chi connectivity index (χ0n) is 10.5. The van der Waals surface area contributed by atoms with Gasteiger partial charge in [-0.2, -0.15) is 0 Å². The van der Waals surface area contributed by atoms with Gasteiger partial charge in [-0.05, 0) is 38.3 Å². The van der Waals surface area contributed by atoms with Gasteiger partial charge in [0.2, 0.25) is 0 Å². The van der Waals surface area contributed by atoms with E-state index in [1.165, 1.54) is 43.2 Å². The summed E-state index contributed by atoms with van der Waals surface area (Å²) in [6.45, 7) is 2.15. The van der Waals surface area contributed by atoms with Gasteiger partial charge in [0.15, 0.2) is 0 Å². The fourth-order valence-corrected chi connectivity index (χ4v) is 2.44. The molecule has 1 heteroatoms. The molecule has 1 N–H and O–H groups in total. The zero-order chi connectivity index (χ0) is 11.4. The first-order chi connectivity index (χ1) is 7.78. The van der Waals surface area contributed by atoms with Crippen LogP contribution in [0.15, 0.2) is 24.3 Å². The van der Waals surface area contributed by atoms with E-state index in [2.05, 4.69) is 43.6 Å². The lowest BCUT2D eigenvalue weighted by atomic mass is 9.80. The maximum atomic E-state index is 3.46. The number of rotatable bonds is 5. The highest BCUT2D eigenvalue weighted by Gasteiger charge is 2.21. The highest BCUT2D eigenvalue weighted by molar-refractivity contribution is 5.22. The molecule has 0 aliphatic heterocycles. The summed E-state index contributed by atoms with van der Waals surface area (Å²) in [6, 6.07) is 9.62. The van der Waals surface area contributed by atoms with Gasteiger partial charge < -0.3 is 5.32 Å². The highest BCUT2D eigenvalue weighted by atomic mass is 14.9. The molecule has 2 rings (SSSR count). The van der Waals surface area contributed by atoms with Gasteiger partial charge in [0.05, 0.1) is 0 Å². The van der Waals surface area contributed by atoms with Gasteiger partial charge in [-0.25, -0.2) is 0 Å². The predicted molar refractivity (Wildman–Crippen MR) is 69.7 cm³/mol. The number of hydrogen-bond acceptors (Lipinski definition) is 1. The van der Waals surface area contributed by atoms with Crippen LogP contribution in [0.2, 0.25) is 0 Å². The van der Waals surface area contributed by atoms with Crippen molar-refractivity contribution < 1.29 is 0 Å². The van der Waals surface area contributed by atoms with Gasteiger partial charge in [-0.1, -0.05) is 49.1 Å². The molecule has 0 radical (unpaired) electrons. The molecule has 1 unspecified atom stereocenters. The molecule has 1 saturated carbocycles. The number of benzene rings is 1. The first-order valence-electron chi connectivity index (χ1n) is 6.50. The molecule has 1 nitrogen and oxygen atoms in total. The van der Waals surface area contributed by atoms with E-state index in [1.54, 1.807) is 0 Å². The van der Waals surface area contributed by atoms with E-state index in [-0.39, 0.29) is 0 Å². The molecule has 1 aliphatic rings. The molecule has 16 heavy (non-hydrogen) atoms. The van der Waals surface area contributed by atoms with Crippen molar-refractivity contribution >= 4 is 0 Å². The normalized spacial score (nSPS) is 18.1. The van der Waals surface area contributed by atoms with Crippen molar-refractivity contribution in [2.75, 3.05) is 7.05 Å². The lowest BCUT2D eigenvalue weighted by Crippen LogP contribution is -2.31. The fraction of sp³-hybridized carbons (Fsp3) is 0.600. The second kappa shape index (κ2) is 5.49. The van der Waals surface area contributed by atoms with Crippen molar-refractivity contribution in [2.24, 2.45) is 5.92 Å². The third-order valence-corrected chi connectivity index (χ3v) is 3.85. The van der Waals surface area contributed by atoms with Crippen molar-refractivity contribution in [3.63, 3.8) is 0 Å². The van der Waals surface area contributed by atoms with E-state index in [1.807, 2.05) is 0 Å². The Bertz CT molecular complexity index is 311. The van der Waals surface area contributed by atoms with Gasteiger partial charge in [-0.3, -0.25) is 0 Å². The standard InChI is InChI=1S/C15H23N/c1-12-6-8-14(9-7-12)11-15(16-2)10-13-4-3-5-13/h6-9,13,15-16H,3-5,10-11H2,1-2H3. The van der Waals surface area contributed by atoms with Crippen molar-refractivity contribution in [3.8, 4) is 0 Å². The van der Waals surface area contributed by atoms with E-state index in [9.17, 15) is 0 Å². The van der Waals surface area contributed by atoms with Gasteiger partial charge >= 0.3 is 0 Å². The number of hydrogen-bond donors (Lipinski definition) is 1. The Balaban J connectivity index is 1.87. The minimum atomic E-state index is 0.660. The molecule has 1 aliphatic carbocycles. The van der Waals surface area contributed by atoms with E-state index in [0.717, 1.165) is 5.92 Å². The van der Waals surface area contributed by atoms with Crippen LogP contribution in [0.3, 0.4) is 0 Å². The monoisotopic (exact) mass is 217 g/mol. The summed E-state index contributed by atoms with van der Waals surface area (Å²) in [5.41, 5.74) is 2.81. The van der Waals surface area contributed by atoms with Crippen LogP contribution in [0.4, 0.5) is 0 Å².